The molecule has 94 valence electrons. The third-order valence-electron chi connectivity index (χ3n) is 2.13. The van der Waals surface area contributed by atoms with Gasteiger partial charge in [0.15, 0.2) is 6.61 Å². The largest absolute Gasteiger partial charge is 0.439 e. The fourth-order valence-corrected chi connectivity index (χ4v) is 1.44. The number of likely N-dealkylation sites (N-methyl/N-ethyl adjacent to an activating group) is 1. The molecule has 0 saturated carbocycles. The van der Waals surface area contributed by atoms with Gasteiger partial charge >= 0.3 is 6.08 Å². The van der Waals surface area contributed by atoms with Crippen LogP contribution in [-0.4, -0.2) is 29.7 Å². The van der Waals surface area contributed by atoms with E-state index in [0.29, 0.717) is 16.4 Å². The minimum atomic E-state index is -0.285. The standard InChI is InChI=1S/C11H10ClN3O3/c1-13-9(16)6-17-11-14-10(15-18-11)7-4-2-3-5-8(7)12/h2-5H,6H2,1H3,(H,13,16). The molecule has 1 amide bonds. The second-order valence-corrected chi connectivity index (χ2v) is 3.73. The summed E-state index contributed by atoms with van der Waals surface area (Å²) in [5.74, 6) is 0.0278. The van der Waals surface area contributed by atoms with Crippen LogP contribution in [0.1, 0.15) is 0 Å². The Balaban J connectivity index is 2.11. The first kappa shape index (κ1) is 12.4. The van der Waals surface area contributed by atoms with Crippen molar-refractivity contribution in [1.82, 2.24) is 15.5 Å². The Bertz CT molecular complexity index is 556. The van der Waals surface area contributed by atoms with Gasteiger partial charge in [-0.25, -0.2) is 0 Å². The van der Waals surface area contributed by atoms with Gasteiger partial charge in [-0.15, -0.1) is 0 Å². The second kappa shape index (κ2) is 5.50. The summed E-state index contributed by atoms with van der Waals surface area (Å²) in [6, 6.07) is 7.09. The van der Waals surface area contributed by atoms with E-state index in [-0.39, 0.29) is 18.6 Å². The average Bonchev–Trinajstić information content (AvgIpc) is 2.85. The Kier molecular flexibility index (Phi) is 3.78. The van der Waals surface area contributed by atoms with Crippen molar-refractivity contribution >= 4 is 17.5 Å². The molecule has 2 aromatic rings. The highest BCUT2D eigenvalue weighted by Gasteiger charge is 2.12. The van der Waals surface area contributed by atoms with Crippen LogP contribution in [0.25, 0.3) is 11.4 Å². The van der Waals surface area contributed by atoms with E-state index < -0.39 is 0 Å². The van der Waals surface area contributed by atoms with Crippen molar-refractivity contribution < 1.29 is 14.1 Å². The Labute approximate surface area is 108 Å². The number of hydrogen-bond donors (Lipinski definition) is 1. The van der Waals surface area contributed by atoms with Crippen LogP contribution in [0.5, 0.6) is 6.08 Å². The monoisotopic (exact) mass is 267 g/mol. The zero-order valence-electron chi connectivity index (χ0n) is 9.51. The van der Waals surface area contributed by atoms with Gasteiger partial charge in [0.25, 0.3) is 5.91 Å². The SMILES string of the molecule is CNC(=O)COc1nc(-c2ccccc2Cl)no1. The van der Waals surface area contributed by atoms with Crippen molar-refractivity contribution in [3.8, 4) is 17.5 Å². The zero-order valence-corrected chi connectivity index (χ0v) is 10.3. The van der Waals surface area contributed by atoms with Gasteiger partial charge in [0.2, 0.25) is 5.82 Å². The first-order valence-electron chi connectivity index (χ1n) is 5.12. The van der Waals surface area contributed by atoms with Crippen LogP contribution in [0.3, 0.4) is 0 Å². The highest BCUT2D eigenvalue weighted by atomic mass is 35.5. The van der Waals surface area contributed by atoms with E-state index in [9.17, 15) is 4.79 Å². The number of carbonyl (C=O) groups excluding carboxylic acids is 1. The van der Waals surface area contributed by atoms with Crippen LogP contribution in [0.4, 0.5) is 0 Å². The topological polar surface area (TPSA) is 77.2 Å². The second-order valence-electron chi connectivity index (χ2n) is 3.33. The predicted molar refractivity (Wildman–Crippen MR) is 64.3 cm³/mol. The summed E-state index contributed by atoms with van der Waals surface area (Å²) in [5.41, 5.74) is 0.637. The molecule has 7 heteroatoms. The number of nitrogens with zero attached hydrogens (tertiary/aromatic N) is 2. The predicted octanol–water partition coefficient (Wildman–Crippen LogP) is 1.51. The van der Waals surface area contributed by atoms with Crippen molar-refractivity contribution in [3.63, 3.8) is 0 Å². The minimum absolute atomic E-state index is 0.0754. The van der Waals surface area contributed by atoms with Gasteiger partial charge in [-0.1, -0.05) is 28.9 Å². The number of halogens is 1. The molecule has 1 aromatic heterocycles. The van der Waals surface area contributed by atoms with E-state index >= 15 is 0 Å². The van der Waals surface area contributed by atoms with E-state index in [1.54, 1.807) is 18.2 Å². The molecule has 6 nitrogen and oxygen atoms in total. The van der Waals surface area contributed by atoms with Crippen molar-refractivity contribution in [2.75, 3.05) is 13.7 Å². The van der Waals surface area contributed by atoms with E-state index in [2.05, 4.69) is 15.5 Å². The maximum atomic E-state index is 11.0. The van der Waals surface area contributed by atoms with Gasteiger partial charge in [0.05, 0.1) is 5.02 Å². The van der Waals surface area contributed by atoms with E-state index in [4.69, 9.17) is 20.9 Å². The highest BCUT2D eigenvalue weighted by Crippen LogP contribution is 2.26. The molecule has 18 heavy (non-hydrogen) atoms. The molecule has 0 saturated heterocycles. The zero-order chi connectivity index (χ0) is 13.0. The molecule has 0 aliphatic rings. The fourth-order valence-electron chi connectivity index (χ4n) is 1.22. The molecule has 0 bridgehead atoms. The van der Waals surface area contributed by atoms with Crippen LogP contribution < -0.4 is 10.1 Å². The number of amides is 1. The quantitative estimate of drug-likeness (QED) is 0.909. The highest BCUT2D eigenvalue weighted by molar-refractivity contribution is 6.33. The lowest BCUT2D eigenvalue weighted by molar-refractivity contribution is -0.123. The number of benzene rings is 1. The molecule has 0 radical (unpaired) electrons. The summed E-state index contributed by atoms with van der Waals surface area (Å²) in [6.07, 6.45) is -0.0754. The van der Waals surface area contributed by atoms with Gasteiger partial charge < -0.3 is 10.1 Å². The molecule has 0 atom stereocenters. The molecular formula is C11H10ClN3O3. The fraction of sp³-hybridized carbons (Fsp3) is 0.182. The van der Waals surface area contributed by atoms with Crippen LogP contribution in [0, 0.1) is 0 Å². The van der Waals surface area contributed by atoms with Crippen LogP contribution in [0.15, 0.2) is 28.8 Å². The summed E-state index contributed by atoms with van der Waals surface area (Å²) in [6.45, 7) is -0.180. The summed E-state index contributed by atoms with van der Waals surface area (Å²) < 4.78 is 9.85. The molecule has 1 aromatic carbocycles. The smallest absolute Gasteiger partial charge is 0.418 e. The lowest BCUT2D eigenvalue weighted by Crippen LogP contribution is -2.24. The summed E-state index contributed by atoms with van der Waals surface area (Å²) >= 11 is 5.99. The van der Waals surface area contributed by atoms with Crippen molar-refractivity contribution in [2.24, 2.45) is 0 Å². The Morgan fingerprint density at radius 3 is 3.00 bits per heavy atom. The molecular weight excluding hydrogens is 258 g/mol. The number of nitrogens with one attached hydrogen (secondary N) is 1. The minimum Gasteiger partial charge on any atom is -0.439 e. The molecule has 0 aliphatic heterocycles. The van der Waals surface area contributed by atoms with Crippen molar-refractivity contribution in [1.29, 1.82) is 0 Å². The Hall–Kier alpha value is -2.08. The number of aromatic nitrogens is 2. The summed E-state index contributed by atoms with van der Waals surface area (Å²) in [4.78, 5) is 15.0. The normalized spacial score (nSPS) is 10.1. The lowest BCUT2D eigenvalue weighted by atomic mass is 10.2. The number of hydrogen-bond acceptors (Lipinski definition) is 5. The van der Waals surface area contributed by atoms with Gasteiger partial charge in [0.1, 0.15) is 0 Å². The Morgan fingerprint density at radius 2 is 2.28 bits per heavy atom. The number of rotatable bonds is 4. The molecule has 1 heterocycles. The molecule has 0 aliphatic carbocycles. The van der Waals surface area contributed by atoms with Gasteiger partial charge in [-0.2, -0.15) is 4.98 Å². The van der Waals surface area contributed by atoms with Gasteiger partial charge in [0, 0.05) is 12.6 Å². The van der Waals surface area contributed by atoms with Crippen LogP contribution in [-0.2, 0) is 4.79 Å². The summed E-state index contributed by atoms with van der Waals surface area (Å²) in [5, 5.41) is 6.64. The first-order valence-corrected chi connectivity index (χ1v) is 5.50. The van der Waals surface area contributed by atoms with Gasteiger partial charge in [-0.05, 0) is 12.1 Å². The Morgan fingerprint density at radius 1 is 1.50 bits per heavy atom. The molecule has 0 fully saturated rings. The third kappa shape index (κ3) is 2.78. The van der Waals surface area contributed by atoms with E-state index in [1.807, 2.05) is 6.07 Å². The van der Waals surface area contributed by atoms with E-state index in [0.717, 1.165) is 0 Å². The number of carbonyl (C=O) groups is 1. The number of ether oxygens (including phenoxy) is 1. The first-order chi connectivity index (χ1) is 8.70. The summed E-state index contributed by atoms with van der Waals surface area (Å²) in [7, 11) is 1.51. The molecule has 2 rings (SSSR count). The van der Waals surface area contributed by atoms with E-state index in [1.165, 1.54) is 7.05 Å². The molecule has 0 unspecified atom stereocenters. The maximum Gasteiger partial charge on any atom is 0.418 e. The third-order valence-corrected chi connectivity index (χ3v) is 2.46. The van der Waals surface area contributed by atoms with Gasteiger partial charge in [-0.3, -0.25) is 9.32 Å². The van der Waals surface area contributed by atoms with Crippen LogP contribution in [0.2, 0.25) is 5.02 Å². The molecule has 1 N–H and O–H groups in total. The van der Waals surface area contributed by atoms with Crippen LogP contribution >= 0.6 is 11.6 Å². The van der Waals surface area contributed by atoms with Crippen molar-refractivity contribution in [2.45, 2.75) is 0 Å². The van der Waals surface area contributed by atoms with Crippen molar-refractivity contribution in [3.05, 3.63) is 29.3 Å². The maximum absolute atomic E-state index is 11.0. The average molecular weight is 268 g/mol. The molecule has 0 spiro atoms. The lowest BCUT2D eigenvalue weighted by Gasteiger charge is -1.98.